The third kappa shape index (κ3) is 4.26. The van der Waals surface area contributed by atoms with E-state index in [1.807, 2.05) is 25.1 Å². The molecule has 132 valence electrons. The summed E-state index contributed by atoms with van der Waals surface area (Å²) in [6.07, 6.45) is 5.29. The Bertz CT molecular complexity index is 936. The average molecular weight is 348 g/mol. The summed E-state index contributed by atoms with van der Waals surface area (Å²) in [6.45, 7) is 4.30. The second-order valence-corrected chi connectivity index (χ2v) is 5.76. The quantitative estimate of drug-likeness (QED) is 0.705. The summed E-state index contributed by atoms with van der Waals surface area (Å²) in [7, 11) is 0. The topological polar surface area (TPSA) is 87.1 Å². The summed E-state index contributed by atoms with van der Waals surface area (Å²) in [4.78, 5) is 8.76. The van der Waals surface area contributed by atoms with Gasteiger partial charge in [-0.05, 0) is 36.7 Å². The summed E-state index contributed by atoms with van der Waals surface area (Å²) in [5.41, 5.74) is 8.08. The lowest BCUT2D eigenvalue weighted by molar-refractivity contribution is 0.355. The van der Waals surface area contributed by atoms with E-state index in [4.69, 9.17) is 15.0 Å². The van der Waals surface area contributed by atoms with E-state index in [0.717, 1.165) is 29.5 Å². The number of hydrogen-bond acceptors (Lipinski definition) is 6. The van der Waals surface area contributed by atoms with E-state index >= 15 is 0 Å². The van der Waals surface area contributed by atoms with Crippen LogP contribution in [0.25, 0.3) is 11.4 Å². The van der Waals surface area contributed by atoms with Crippen molar-refractivity contribution in [1.82, 2.24) is 15.1 Å². The largest absolute Gasteiger partial charge is 0.436 e. The van der Waals surface area contributed by atoms with Gasteiger partial charge in [0.1, 0.15) is 11.5 Å². The molecule has 6 nitrogen and oxygen atoms in total. The van der Waals surface area contributed by atoms with Crippen molar-refractivity contribution in [3.05, 3.63) is 53.5 Å². The van der Waals surface area contributed by atoms with E-state index in [2.05, 4.69) is 33.9 Å². The van der Waals surface area contributed by atoms with E-state index in [0.29, 0.717) is 29.8 Å². The first kappa shape index (κ1) is 17.6. The van der Waals surface area contributed by atoms with Gasteiger partial charge in [0.05, 0.1) is 5.56 Å². The summed E-state index contributed by atoms with van der Waals surface area (Å²) in [6, 6.07) is 7.41. The van der Waals surface area contributed by atoms with Gasteiger partial charge in [-0.25, -0.2) is 9.97 Å². The Morgan fingerprint density at radius 1 is 1.19 bits per heavy atom. The third-order valence-corrected chi connectivity index (χ3v) is 3.59. The third-order valence-electron chi connectivity index (χ3n) is 3.59. The molecule has 0 aliphatic heterocycles. The number of nitrogens with zero attached hydrogens (tertiary/aromatic N) is 3. The minimum atomic E-state index is 0.376. The molecule has 0 atom stereocenters. The molecule has 2 aromatic heterocycles. The number of nitrogens with two attached hydrogens (primary N) is 1. The fourth-order valence-electron chi connectivity index (χ4n) is 2.26. The smallest absolute Gasteiger partial charge is 0.259 e. The van der Waals surface area contributed by atoms with Gasteiger partial charge >= 0.3 is 0 Å². The van der Waals surface area contributed by atoms with Crippen LogP contribution in [0.1, 0.15) is 36.7 Å². The maximum Gasteiger partial charge on any atom is 0.259 e. The number of rotatable bonds is 5. The van der Waals surface area contributed by atoms with Crippen molar-refractivity contribution in [2.45, 2.75) is 33.2 Å². The first-order valence-electron chi connectivity index (χ1n) is 8.45. The van der Waals surface area contributed by atoms with Crippen molar-refractivity contribution in [3.8, 4) is 34.9 Å². The van der Waals surface area contributed by atoms with Gasteiger partial charge in [-0.2, -0.15) is 0 Å². The SMILES string of the molecule is CCCC#Cc1ccc(-c2ncc(CN)cn2)c(Oc2cc(C)on2)c1. The van der Waals surface area contributed by atoms with Crippen LogP contribution in [0.3, 0.4) is 0 Å². The Labute approximate surface area is 152 Å². The van der Waals surface area contributed by atoms with E-state index in [1.54, 1.807) is 18.5 Å². The van der Waals surface area contributed by atoms with Crippen molar-refractivity contribution in [2.24, 2.45) is 5.73 Å². The normalized spacial score (nSPS) is 10.3. The minimum absolute atomic E-state index is 0.376. The Kier molecular flexibility index (Phi) is 5.62. The molecule has 0 spiro atoms. The van der Waals surface area contributed by atoms with Gasteiger partial charge in [0.15, 0.2) is 5.82 Å². The van der Waals surface area contributed by atoms with Crippen LogP contribution in [0.15, 0.2) is 41.2 Å². The van der Waals surface area contributed by atoms with Crippen LogP contribution >= 0.6 is 0 Å². The number of aryl methyl sites for hydroxylation is 1. The molecule has 0 unspecified atom stereocenters. The lowest BCUT2D eigenvalue weighted by atomic mass is 10.1. The van der Waals surface area contributed by atoms with Crippen molar-refractivity contribution in [3.63, 3.8) is 0 Å². The minimum Gasteiger partial charge on any atom is -0.436 e. The van der Waals surface area contributed by atoms with Crippen LogP contribution in [0.4, 0.5) is 0 Å². The molecule has 0 radical (unpaired) electrons. The zero-order valence-electron chi connectivity index (χ0n) is 14.8. The summed E-state index contributed by atoms with van der Waals surface area (Å²) in [5.74, 6) is 8.44. The molecule has 3 rings (SSSR count). The molecule has 0 fully saturated rings. The van der Waals surface area contributed by atoms with Gasteiger partial charge in [0.2, 0.25) is 0 Å². The van der Waals surface area contributed by atoms with Crippen molar-refractivity contribution >= 4 is 0 Å². The van der Waals surface area contributed by atoms with Crippen LogP contribution < -0.4 is 10.5 Å². The molecule has 2 N–H and O–H groups in total. The molecule has 1 aromatic carbocycles. The molecule has 0 saturated carbocycles. The molecule has 0 aliphatic carbocycles. The molecule has 2 heterocycles. The summed E-state index contributed by atoms with van der Waals surface area (Å²) >= 11 is 0. The van der Waals surface area contributed by atoms with Gasteiger partial charge in [-0.3, -0.25) is 0 Å². The second kappa shape index (κ2) is 8.28. The van der Waals surface area contributed by atoms with E-state index in [9.17, 15) is 0 Å². The van der Waals surface area contributed by atoms with Gasteiger partial charge < -0.3 is 15.0 Å². The maximum atomic E-state index is 5.91. The van der Waals surface area contributed by atoms with E-state index < -0.39 is 0 Å². The monoisotopic (exact) mass is 348 g/mol. The van der Waals surface area contributed by atoms with Gasteiger partial charge in [-0.15, -0.1) is 0 Å². The highest BCUT2D eigenvalue weighted by Gasteiger charge is 2.13. The van der Waals surface area contributed by atoms with Crippen molar-refractivity contribution < 1.29 is 9.26 Å². The number of ether oxygens (including phenoxy) is 1. The molecule has 0 bridgehead atoms. The maximum absolute atomic E-state index is 5.91. The van der Waals surface area contributed by atoms with Crippen LogP contribution in [0.2, 0.25) is 0 Å². The highest BCUT2D eigenvalue weighted by molar-refractivity contribution is 5.66. The molecule has 0 amide bonds. The Morgan fingerprint density at radius 3 is 2.65 bits per heavy atom. The van der Waals surface area contributed by atoms with Crippen LogP contribution in [-0.4, -0.2) is 15.1 Å². The Morgan fingerprint density at radius 2 is 2.00 bits per heavy atom. The summed E-state index contributed by atoms with van der Waals surface area (Å²) < 4.78 is 11.0. The standard InChI is InChI=1S/C20H20N4O2/c1-3-4-5-6-15-7-8-17(20-22-12-16(11-21)13-23-20)18(10-15)25-19-9-14(2)26-24-19/h7-10,12-13H,3-4,11,21H2,1-2H3. The molecule has 0 saturated heterocycles. The molecule has 3 aromatic rings. The number of aromatic nitrogens is 3. The van der Waals surface area contributed by atoms with Crippen molar-refractivity contribution in [2.75, 3.05) is 0 Å². The molecular formula is C20H20N4O2. The van der Waals surface area contributed by atoms with E-state index in [-0.39, 0.29) is 0 Å². The second-order valence-electron chi connectivity index (χ2n) is 5.76. The zero-order chi connectivity index (χ0) is 18.4. The van der Waals surface area contributed by atoms with Crippen molar-refractivity contribution in [1.29, 1.82) is 0 Å². The fourth-order valence-corrected chi connectivity index (χ4v) is 2.26. The number of hydrogen-bond donors (Lipinski definition) is 1. The highest BCUT2D eigenvalue weighted by Crippen LogP contribution is 2.32. The Hall–Kier alpha value is -3.17. The molecule has 26 heavy (non-hydrogen) atoms. The van der Waals surface area contributed by atoms with Crippen LogP contribution in [0.5, 0.6) is 11.6 Å². The number of benzene rings is 1. The molecule has 0 aliphatic rings. The van der Waals surface area contributed by atoms with Gasteiger partial charge in [0.25, 0.3) is 5.88 Å². The first-order chi connectivity index (χ1) is 12.7. The number of unbranched alkanes of at least 4 members (excludes halogenated alkanes) is 1. The lowest BCUT2D eigenvalue weighted by Crippen LogP contribution is -2.00. The average Bonchev–Trinajstić information content (AvgIpc) is 3.07. The van der Waals surface area contributed by atoms with Gasteiger partial charge in [0, 0.05) is 42.6 Å². The predicted molar refractivity (Wildman–Crippen MR) is 98.5 cm³/mol. The van der Waals surface area contributed by atoms with E-state index in [1.165, 1.54) is 0 Å². The zero-order valence-corrected chi connectivity index (χ0v) is 14.8. The predicted octanol–water partition coefficient (Wildman–Crippen LogP) is 3.84. The summed E-state index contributed by atoms with van der Waals surface area (Å²) in [5, 5.41) is 3.89. The van der Waals surface area contributed by atoms with Crippen LogP contribution in [-0.2, 0) is 6.54 Å². The van der Waals surface area contributed by atoms with Crippen LogP contribution in [0, 0.1) is 18.8 Å². The molecule has 6 heteroatoms. The molecular weight excluding hydrogens is 328 g/mol. The first-order valence-corrected chi connectivity index (χ1v) is 8.45. The Balaban J connectivity index is 1.99. The highest BCUT2D eigenvalue weighted by atomic mass is 16.5. The van der Waals surface area contributed by atoms with Gasteiger partial charge in [-0.1, -0.05) is 18.8 Å². The lowest BCUT2D eigenvalue weighted by Gasteiger charge is -2.09. The fraction of sp³-hybridized carbons (Fsp3) is 0.250.